The van der Waals surface area contributed by atoms with Crippen LogP contribution in [-0.4, -0.2) is 44.2 Å². The zero-order chi connectivity index (χ0) is 24.9. The zero-order valence-corrected chi connectivity index (χ0v) is 21.3. The lowest BCUT2D eigenvalue weighted by molar-refractivity contribution is -0.125. The summed E-state index contributed by atoms with van der Waals surface area (Å²) in [7, 11) is -3.39. The predicted molar refractivity (Wildman–Crippen MR) is 134 cm³/mol. The summed E-state index contributed by atoms with van der Waals surface area (Å²) in [5.41, 5.74) is 1.50. The Morgan fingerprint density at radius 2 is 1.74 bits per heavy atom. The van der Waals surface area contributed by atoms with Gasteiger partial charge in [-0.3, -0.25) is 4.79 Å². The number of hydrogen-bond donors (Lipinski definition) is 2. The Morgan fingerprint density at radius 3 is 2.38 bits per heavy atom. The van der Waals surface area contributed by atoms with E-state index in [-0.39, 0.29) is 23.8 Å². The monoisotopic (exact) mass is 488 g/mol. The molecule has 0 aliphatic heterocycles. The molecular weight excluding hydrogens is 452 g/mol. The number of ether oxygens (including phenoxy) is 1. The second kappa shape index (κ2) is 10.9. The Morgan fingerprint density at radius 1 is 1.06 bits per heavy atom. The van der Waals surface area contributed by atoms with Gasteiger partial charge in [-0.2, -0.15) is 0 Å². The highest BCUT2D eigenvalue weighted by Crippen LogP contribution is 2.27. The summed E-state index contributed by atoms with van der Waals surface area (Å²) in [5, 5.41) is 4.83. The number of rotatable bonds is 8. The Bertz CT molecular complexity index is 1130. The number of fused-ring (bicyclic) bond motifs is 1. The van der Waals surface area contributed by atoms with Crippen molar-refractivity contribution >= 4 is 32.7 Å². The minimum absolute atomic E-state index is 0.00327. The maximum atomic E-state index is 12.7. The second-order valence-electron chi connectivity index (χ2n) is 9.91. The maximum absolute atomic E-state index is 12.7. The van der Waals surface area contributed by atoms with E-state index < -0.39 is 14.8 Å². The summed E-state index contributed by atoms with van der Waals surface area (Å²) in [6.45, 7) is 7.61. The van der Waals surface area contributed by atoms with Gasteiger partial charge in [0, 0.05) is 18.5 Å². The average molecular weight is 489 g/mol. The van der Waals surface area contributed by atoms with Gasteiger partial charge in [0.15, 0.2) is 0 Å². The van der Waals surface area contributed by atoms with Gasteiger partial charge in [0.2, 0.25) is 15.9 Å². The Balaban J connectivity index is 1.54. The molecular formula is C26H36N2O5S. The van der Waals surface area contributed by atoms with Crippen LogP contribution in [0.25, 0.3) is 10.8 Å². The first-order valence-electron chi connectivity index (χ1n) is 12.0. The van der Waals surface area contributed by atoms with Gasteiger partial charge in [0.25, 0.3) is 0 Å². The molecule has 0 bridgehead atoms. The molecule has 1 amide bonds. The van der Waals surface area contributed by atoms with Crippen LogP contribution < -0.4 is 10.0 Å². The molecule has 34 heavy (non-hydrogen) atoms. The first kappa shape index (κ1) is 26.2. The summed E-state index contributed by atoms with van der Waals surface area (Å²) in [6.07, 6.45) is 3.23. The van der Waals surface area contributed by atoms with Gasteiger partial charge in [0.05, 0.1) is 16.9 Å². The van der Waals surface area contributed by atoms with Crippen molar-refractivity contribution in [2.45, 2.75) is 70.6 Å². The molecule has 0 aromatic heterocycles. The van der Waals surface area contributed by atoms with Crippen LogP contribution >= 0.6 is 0 Å². The molecule has 1 fully saturated rings. The Labute approximate surface area is 202 Å². The number of amides is 1. The molecule has 0 spiro atoms. The van der Waals surface area contributed by atoms with Crippen LogP contribution in [0.15, 0.2) is 36.4 Å². The number of sulfonamides is 1. The third kappa shape index (κ3) is 6.36. The first-order valence-corrected chi connectivity index (χ1v) is 13.5. The van der Waals surface area contributed by atoms with E-state index in [1.165, 1.54) is 0 Å². The molecule has 1 saturated carbocycles. The summed E-state index contributed by atoms with van der Waals surface area (Å²) in [4.78, 5) is 25.1. The number of carbonyl (C=O) groups is 2. The van der Waals surface area contributed by atoms with Crippen LogP contribution in [0.1, 0.15) is 69.3 Å². The summed E-state index contributed by atoms with van der Waals surface area (Å²) in [6, 6.07) is 11.5. The van der Waals surface area contributed by atoms with Gasteiger partial charge >= 0.3 is 5.97 Å². The highest BCUT2D eigenvalue weighted by atomic mass is 32.2. The maximum Gasteiger partial charge on any atom is 0.338 e. The van der Waals surface area contributed by atoms with E-state index in [9.17, 15) is 18.0 Å². The van der Waals surface area contributed by atoms with Crippen molar-refractivity contribution in [1.82, 2.24) is 10.0 Å². The fraction of sp³-hybridized carbons (Fsp3) is 0.538. The second-order valence-corrected chi connectivity index (χ2v) is 12.4. The molecule has 0 atom stereocenters. The molecule has 1 aliphatic carbocycles. The van der Waals surface area contributed by atoms with E-state index in [1.54, 1.807) is 27.7 Å². The fourth-order valence-electron chi connectivity index (χ4n) is 4.24. The van der Waals surface area contributed by atoms with E-state index in [4.69, 9.17) is 4.74 Å². The minimum atomic E-state index is -3.39. The summed E-state index contributed by atoms with van der Waals surface area (Å²) < 4.78 is 31.9. The van der Waals surface area contributed by atoms with Crippen molar-refractivity contribution in [3.63, 3.8) is 0 Å². The Hall–Kier alpha value is -2.45. The molecule has 2 N–H and O–H groups in total. The first-order chi connectivity index (χ1) is 16.0. The molecule has 0 heterocycles. The molecule has 0 radical (unpaired) electrons. The van der Waals surface area contributed by atoms with Crippen LogP contribution in [0.5, 0.6) is 0 Å². The van der Waals surface area contributed by atoms with E-state index in [2.05, 4.69) is 10.0 Å². The summed E-state index contributed by atoms with van der Waals surface area (Å²) in [5.74, 6) is -0.450. The highest BCUT2D eigenvalue weighted by Gasteiger charge is 2.34. The van der Waals surface area contributed by atoms with Crippen LogP contribution in [0.3, 0.4) is 0 Å². The SMILES string of the molecule is CCOC(=O)c1cc(CCNC(=O)C2CCC(NS(=O)(=O)C(C)(C)C)CC2)cc2ccccc12. The van der Waals surface area contributed by atoms with Gasteiger partial charge in [-0.05, 0) is 82.2 Å². The van der Waals surface area contributed by atoms with Crippen LogP contribution in [0.2, 0.25) is 0 Å². The lowest BCUT2D eigenvalue weighted by Gasteiger charge is -2.30. The Kier molecular flexibility index (Phi) is 8.36. The van der Waals surface area contributed by atoms with Crippen molar-refractivity contribution in [3.05, 3.63) is 47.5 Å². The predicted octanol–water partition coefficient (Wildman–Crippen LogP) is 3.95. The number of hydrogen-bond acceptors (Lipinski definition) is 5. The van der Waals surface area contributed by atoms with Gasteiger partial charge in [0.1, 0.15) is 0 Å². The van der Waals surface area contributed by atoms with Gasteiger partial charge in [-0.25, -0.2) is 17.9 Å². The van der Waals surface area contributed by atoms with Crippen molar-refractivity contribution in [1.29, 1.82) is 0 Å². The number of esters is 1. The standard InChI is InChI=1S/C26H36N2O5S/c1-5-33-25(30)23-17-18(16-20-8-6-7-9-22(20)23)14-15-27-24(29)19-10-12-21(13-11-19)28-34(31,32)26(2,3)4/h6-9,16-17,19,21,28H,5,10-15H2,1-4H3,(H,27,29). The zero-order valence-electron chi connectivity index (χ0n) is 20.5. The lowest BCUT2D eigenvalue weighted by Crippen LogP contribution is -2.46. The van der Waals surface area contributed by atoms with Crippen molar-refractivity contribution in [2.24, 2.45) is 5.92 Å². The topological polar surface area (TPSA) is 102 Å². The lowest BCUT2D eigenvalue weighted by atomic mass is 9.86. The minimum Gasteiger partial charge on any atom is -0.462 e. The molecule has 2 aromatic carbocycles. The van der Waals surface area contributed by atoms with E-state index >= 15 is 0 Å². The molecule has 0 saturated heterocycles. The van der Waals surface area contributed by atoms with Gasteiger partial charge in [-0.15, -0.1) is 0 Å². The normalized spacial score (nSPS) is 19.1. The summed E-state index contributed by atoms with van der Waals surface area (Å²) >= 11 is 0. The van der Waals surface area contributed by atoms with Crippen molar-refractivity contribution < 1.29 is 22.7 Å². The molecule has 186 valence electrons. The number of carbonyl (C=O) groups excluding carboxylic acids is 2. The smallest absolute Gasteiger partial charge is 0.338 e. The largest absolute Gasteiger partial charge is 0.462 e. The highest BCUT2D eigenvalue weighted by molar-refractivity contribution is 7.90. The van der Waals surface area contributed by atoms with Crippen LogP contribution in [0, 0.1) is 5.92 Å². The average Bonchev–Trinajstić information content (AvgIpc) is 2.78. The molecule has 8 heteroatoms. The van der Waals surface area contributed by atoms with Crippen LogP contribution in [-0.2, 0) is 26.0 Å². The van der Waals surface area contributed by atoms with Gasteiger partial charge < -0.3 is 10.1 Å². The van der Waals surface area contributed by atoms with Gasteiger partial charge in [-0.1, -0.05) is 30.3 Å². The molecule has 3 rings (SSSR count). The fourth-order valence-corrected chi connectivity index (χ4v) is 5.27. The van der Waals surface area contributed by atoms with E-state index in [0.29, 0.717) is 50.8 Å². The molecule has 0 unspecified atom stereocenters. The van der Waals surface area contributed by atoms with Crippen LogP contribution in [0.4, 0.5) is 0 Å². The number of nitrogens with one attached hydrogen (secondary N) is 2. The molecule has 7 nitrogen and oxygen atoms in total. The van der Waals surface area contributed by atoms with E-state index in [0.717, 1.165) is 16.3 Å². The molecule has 2 aromatic rings. The number of benzene rings is 2. The van der Waals surface area contributed by atoms with Crippen molar-refractivity contribution in [2.75, 3.05) is 13.2 Å². The van der Waals surface area contributed by atoms with Crippen molar-refractivity contribution in [3.8, 4) is 0 Å². The van der Waals surface area contributed by atoms with E-state index in [1.807, 2.05) is 36.4 Å². The molecule has 1 aliphatic rings. The third-order valence-electron chi connectivity index (χ3n) is 6.36. The quantitative estimate of drug-likeness (QED) is 0.548. The third-order valence-corrected chi connectivity index (χ3v) is 8.61.